The number of halogens is 2. The van der Waals surface area contributed by atoms with Gasteiger partial charge in [0, 0.05) is 17.7 Å². The van der Waals surface area contributed by atoms with E-state index in [4.69, 9.17) is 16.3 Å². The Hall–Kier alpha value is -2.71. The van der Waals surface area contributed by atoms with Crippen molar-refractivity contribution in [2.45, 2.75) is 51.9 Å². The van der Waals surface area contributed by atoms with Crippen LogP contribution in [0.2, 0.25) is 5.02 Å². The van der Waals surface area contributed by atoms with Crippen molar-refractivity contribution in [2.24, 2.45) is 0 Å². The molecule has 0 bridgehead atoms. The number of ether oxygens (including phenoxy) is 1. The standard InChI is InChI=1S/C23H25ClFN5O2/c1-12-21(24)13(2)30-22(26-12)18-10-29(11-19(18)27-30)23(31)17-6-5-14(25)7-20(17)32-16-8-15(9-16)28(3)4/h5-7,15-16H,8-11H2,1-4H3. The Labute approximate surface area is 190 Å². The molecule has 1 aliphatic carbocycles. The van der Waals surface area contributed by atoms with Crippen molar-refractivity contribution in [3.8, 4) is 5.75 Å². The van der Waals surface area contributed by atoms with Gasteiger partial charge in [-0.2, -0.15) is 5.10 Å². The summed E-state index contributed by atoms with van der Waals surface area (Å²) in [4.78, 5) is 21.8. The van der Waals surface area contributed by atoms with Crippen LogP contribution in [-0.4, -0.2) is 56.5 Å². The molecule has 7 nitrogen and oxygen atoms in total. The van der Waals surface area contributed by atoms with Crippen LogP contribution in [0.25, 0.3) is 5.65 Å². The van der Waals surface area contributed by atoms with Crippen LogP contribution in [0.5, 0.6) is 5.75 Å². The van der Waals surface area contributed by atoms with Crippen LogP contribution in [0.15, 0.2) is 18.2 Å². The van der Waals surface area contributed by atoms with Gasteiger partial charge in [0.25, 0.3) is 5.91 Å². The molecule has 1 aromatic carbocycles. The van der Waals surface area contributed by atoms with Gasteiger partial charge < -0.3 is 14.5 Å². The van der Waals surface area contributed by atoms with E-state index in [0.717, 1.165) is 41.1 Å². The summed E-state index contributed by atoms with van der Waals surface area (Å²) < 4.78 is 21.7. The Balaban J connectivity index is 1.39. The summed E-state index contributed by atoms with van der Waals surface area (Å²) in [5.41, 5.74) is 4.35. The van der Waals surface area contributed by atoms with Crippen LogP contribution in [0.1, 0.15) is 45.8 Å². The van der Waals surface area contributed by atoms with Gasteiger partial charge in [-0.05, 0) is 52.9 Å². The van der Waals surface area contributed by atoms with Gasteiger partial charge >= 0.3 is 0 Å². The van der Waals surface area contributed by atoms with Crippen molar-refractivity contribution in [1.29, 1.82) is 0 Å². The van der Waals surface area contributed by atoms with Crippen molar-refractivity contribution in [3.63, 3.8) is 0 Å². The van der Waals surface area contributed by atoms with Gasteiger partial charge in [-0.25, -0.2) is 13.9 Å². The van der Waals surface area contributed by atoms with Crippen LogP contribution in [0.4, 0.5) is 4.39 Å². The summed E-state index contributed by atoms with van der Waals surface area (Å²) in [5, 5.41) is 5.22. The summed E-state index contributed by atoms with van der Waals surface area (Å²) in [6, 6.07) is 4.56. The van der Waals surface area contributed by atoms with Gasteiger partial charge in [0.2, 0.25) is 0 Å². The molecule has 5 rings (SSSR count). The minimum Gasteiger partial charge on any atom is -0.489 e. The third-order valence-electron chi connectivity index (χ3n) is 6.51. The average Bonchev–Trinajstić information content (AvgIpc) is 3.27. The molecule has 1 amide bonds. The predicted molar refractivity (Wildman–Crippen MR) is 119 cm³/mol. The smallest absolute Gasteiger partial charge is 0.258 e. The summed E-state index contributed by atoms with van der Waals surface area (Å²) in [6.45, 7) is 4.50. The highest BCUT2D eigenvalue weighted by Crippen LogP contribution is 2.34. The number of amides is 1. The van der Waals surface area contributed by atoms with E-state index in [0.29, 0.717) is 35.5 Å². The zero-order chi connectivity index (χ0) is 22.7. The Kier molecular flexibility index (Phi) is 5.09. The monoisotopic (exact) mass is 457 g/mol. The normalized spacial score (nSPS) is 20.0. The Morgan fingerprint density at radius 3 is 2.72 bits per heavy atom. The average molecular weight is 458 g/mol. The number of carbonyl (C=O) groups is 1. The lowest BCUT2D eigenvalue weighted by molar-refractivity contribution is 0.0384. The molecule has 0 spiro atoms. The number of hydrogen-bond donors (Lipinski definition) is 0. The van der Waals surface area contributed by atoms with E-state index >= 15 is 0 Å². The number of carbonyl (C=O) groups excluding carboxylic acids is 1. The third kappa shape index (κ3) is 3.42. The molecule has 2 aromatic heterocycles. The Morgan fingerprint density at radius 1 is 1.25 bits per heavy atom. The van der Waals surface area contributed by atoms with E-state index in [1.165, 1.54) is 18.2 Å². The number of rotatable bonds is 4. The number of benzene rings is 1. The molecule has 1 aliphatic heterocycles. The molecular weight excluding hydrogens is 433 g/mol. The van der Waals surface area contributed by atoms with Crippen LogP contribution in [0, 0.1) is 19.7 Å². The van der Waals surface area contributed by atoms with Crippen molar-refractivity contribution in [3.05, 3.63) is 57.2 Å². The van der Waals surface area contributed by atoms with E-state index in [-0.39, 0.29) is 12.0 Å². The molecule has 168 valence electrons. The first-order chi connectivity index (χ1) is 15.2. The van der Waals surface area contributed by atoms with Gasteiger partial charge in [0.05, 0.1) is 40.8 Å². The van der Waals surface area contributed by atoms with E-state index in [1.807, 2.05) is 27.9 Å². The second-order valence-corrected chi connectivity index (χ2v) is 9.27. The molecule has 3 heterocycles. The SMILES string of the molecule is Cc1nc2c3c(nn2c(C)c1Cl)CN(C(=O)c1ccc(F)cc1OC1CC(N(C)C)C1)C3. The number of aromatic nitrogens is 3. The maximum atomic E-state index is 14.0. The fourth-order valence-electron chi connectivity index (χ4n) is 4.43. The second-order valence-electron chi connectivity index (χ2n) is 8.89. The lowest BCUT2D eigenvalue weighted by Gasteiger charge is -2.39. The predicted octanol–water partition coefficient (Wildman–Crippen LogP) is 3.77. The van der Waals surface area contributed by atoms with Gasteiger partial charge in [-0.15, -0.1) is 0 Å². The molecule has 1 saturated carbocycles. The first-order valence-electron chi connectivity index (χ1n) is 10.7. The maximum absolute atomic E-state index is 14.0. The highest BCUT2D eigenvalue weighted by Gasteiger charge is 2.35. The number of fused-ring (bicyclic) bond motifs is 3. The molecule has 3 aromatic rings. The molecule has 0 saturated heterocycles. The minimum atomic E-state index is -0.422. The van der Waals surface area contributed by atoms with Crippen LogP contribution >= 0.6 is 11.6 Å². The van der Waals surface area contributed by atoms with Crippen molar-refractivity contribution in [1.82, 2.24) is 24.4 Å². The molecule has 32 heavy (non-hydrogen) atoms. The number of nitrogens with zero attached hydrogens (tertiary/aromatic N) is 5. The maximum Gasteiger partial charge on any atom is 0.258 e. The second kappa shape index (κ2) is 7.71. The van der Waals surface area contributed by atoms with Crippen molar-refractivity contribution >= 4 is 23.2 Å². The van der Waals surface area contributed by atoms with Gasteiger partial charge in [0.15, 0.2) is 5.65 Å². The van der Waals surface area contributed by atoms with Crippen LogP contribution in [0.3, 0.4) is 0 Å². The third-order valence-corrected chi connectivity index (χ3v) is 7.06. The molecule has 0 radical (unpaired) electrons. The Bertz CT molecular complexity index is 1240. The molecular formula is C23H25ClFN5O2. The minimum absolute atomic E-state index is 0.0179. The topological polar surface area (TPSA) is 63.0 Å². The van der Waals surface area contributed by atoms with Gasteiger partial charge in [-0.3, -0.25) is 4.79 Å². The van der Waals surface area contributed by atoms with Crippen molar-refractivity contribution < 1.29 is 13.9 Å². The van der Waals surface area contributed by atoms with Gasteiger partial charge in [-0.1, -0.05) is 11.6 Å². The zero-order valence-electron chi connectivity index (χ0n) is 18.5. The van der Waals surface area contributed by atoms with E-state index in [9.17, 15) is 9.18 Å². The van der Waals surface area contributed by atoms with E-state index in [1.54, 1.807) is 9.42 Å². The highest BCUT2D eigenvalue weighted by molar-refractivity contribution is 6.31. The highest BCUT2D eigenvalue weighted by atomic mass is 35.5. The largest absolute Gasteiger partial charge is 0.489 e. The first-order valence-corrected chi connectivity index (χ1v) is 11.1. The molecule has 2 aliphatic rings. The van der Waals surface area contributed by atoms with Gasteiger partial charge in [0.1, 0.15) is 17.7 Å². The molecule has 0 N–H and O–H groups in total. The first kappa shape index (κ1) is 21.2. The molecule has 1 fully saturated rings. The molecule has 9 heteroatoms. The fourth-order valence-corrected chi connectivity index (χ4v) is 4.56. The lowest BCUT2D eigenvalue weighted by atomic mass is 9.88. The number of aryl methyl sites for hydroxylation is 2. The Morgan fingerprint density at radius 2 is 2.00 bits per heavy atom. The summed E-state index contributed by atoms with van der Waals surface area (Å²) >= 11 is 6.32. The summed E-state index contributed by atoms with van der Waals surface area (Å²) in [7, 11) is 4.07. The van der Waals surface area contributed by atoms with E-state index < -0.39 is 5.82 Å². The van der Waals surface area contributed by atoms with E-state index in [2.05, 4.69) is 15.0 Å². The van der Waals surface area contributed by atoms with Crippen molar-refractivity contribution in [2.75, 3.05) is 14.1 Å². The fraction of sp³-hybridized carbons (Fsp3) is 0.435. The number of hydrogen-bond acceptors (Lipinski definition) is 5. The van der Waals surface area contributed by atoms with Crippen LogP contribution in [-0.2, 0) is 13.1 Å². The molecule has 0 atom stereocenters. The zero-order valence-corrected chi connectivity index (χ0v) is 19.3. The quantitative estimate of drug-likeness (QED) is 0.597. The summed E-state index contributed by atoms with van der Waals surface area (Å²) in [5.74, 6) is -0.330. The molecule has 0 unspecified atom stereocenters. The summed E-state index contributed by atoms with van der Waals surface area (Å²) in [6.07, 6.45) is 1.70. The van der Waals surface area contributed by atoms with Crippen LogP contribution < -0.4 is 4.74 Å². The lowest BCUT2D eigenvalue weighted by Crippen LogP contribution is -2.46.